The summed E-state index contributed by atoms with van der Waals surface area (Å²) in [5, 5.41) is 3.34. The van der Waals surface area contributed by atoms with Crippen molar-refractivity contribution in [2.24, 2.45) is 0 Å². The molecule has 0 radical (unpaired) electrons. The Kier molecular flexibility index (Phi) is 7.47. The van der Waals surface area contributed by atoms with Gasteiger partial charge in [0.15, 0.2) is 0 Å². The van der Waals surface area contributed by atoms with Crippen LogP contribution in [0, 0.1) is 0 Å². The second-order valence-corrected chi connectivity index (χ2v) is 8.14. The zero-order valence-electron chi connectivity index (χ0n) is 16.2. The van der Waals surface area contributed by atoms with Gasteiger partial charge in [0, 0.05) is 57.2 Å². The van der Waals surface area contributed by atoms with Crippen molar-refractivity contribution >= 4 is 34.2 Å². The summed E-state index contributed by atoms with van der Waals surface area (Å²) < 4.78 is 9.80. The van der Waals surface area contributed by atoms with Crippen molar-refractivity contribution in [2.75, 3.05) is 51.3 Å². The summed E-state index contributed by atoms with van der Waals surface area (Å²) in [6.45, 7) is 6.84. The maximum atomic E-state index is 11.5. The number of rotatable bonds is 8. The van der Waals surface area contributed by atoms with Gasteiger partial charge in [-0.25, -0.2) is 4.98 Å². The van der Waals surface area contributed by atoms with Gasteiger partial charge in [0.25, 0.3) is 0 Å². The fourth-order valence-corrected chi connectivity index (χ4v) is 3.86. The van der Waals surface area contributed by atoms with Gasteiger partial charge in [0.1, 0.15) is 17.0 Å². The van der Waals surface area contributed by atoms with Crippen LogP contribution in [-0.2, 0) is 11.2 Å². The number of alkyl halides is 1. The first-order valence-corrected chi connectivity index (χ1v) is 10.6. The van der Waals surface area contributed by atoms with Gasteiger partial charge >= 0.3 is 0 Å². The Morgan fingerprint density at radius 3 is 2.86 bits per heavy atom. The summed E-state index contributed by atoms with van der Waals surface area (Å²) in [7, 11) is 1.67. The van der Waals surface area contributed by atoms with E-state index in [-0.39, 0.29) is 5.91 Å². The zero-order valence-corrected chi connectivity index (χ0v) is 17.8. The average Bonchev–Trinajstić information content (AvgIpc) is 3.17. The number of carbonyl (C=O) groups is 1. The Balaban J connectivity index is 1.45. The van der Waals surface area contributed by atoms with Crippen LogP contribution in [-0.4, -0.2) is 71.9 Å². The Morgan fingerprint density at radius 2 is 2.14 bits per heavy atom. The Bertz CT molecular complexity index is 777. The van der Waals surface area contributed by atoms with Crippen LogP contribution in [0.4, 0.5) is 5.13 Å². The fourth-order valence-electron chi connectivity index (χ4n) is 3.05. The van der Waals surface area contributed by atoms with E-state index >= 15 is 0 Å². The molecule has 7 nitrogen and oxygen atoms in total. The van der Waals surface area contributed by atoms with Gasteiger partial charge in [-0.15, -0.1) is 11.6 Å². The second-order valence-electron chi connectivity index (χ2n) is 6.76. The number of anilines is 1. The summed E-state index contributed by atoms with van der Waals surface area (Å²) in [5.41, 5.74) is 1.14. The van der Waals surface area contributed by atoms with Crippen molar-refractivity contribution in [3.05, 3.63) is 35.7 Å². The van der Waals surface area contributed by atoms with Gasteiger partial charge in [0.2, 0.25) is 11.0 Å². The third-order valence-corrected chi connectivity index (χ3v) is 5.70. The molecule has 1 aliphatic rings. The van der Waals surface area contributed by atoms with E-state index in [0.29, 0.717) is 13.0 Å². The molecule has 9 heteroatoms. The molecule has 1 atom stereocenters. The smallest absolute Gasteiger partial charge is 0.237 e. The number of hydrogen-bond donors (Lipinski definition) is 1. The number of methoxy groups -OCH3 is 1. The standard InChI is InChI=1S/C19H26ClN5O2S/c1-14(20)18(26)21-6-7-24-8-10-25(11-9-24)19-22-17(23-28-19)13-15-4-3-5-16(12-15)27-2/h3-5,12,14H,6-11,13H2,1-2H3,(H,21,26). The maximum Gasteiger partial charge on any atom is 0.237 e. The fraction of sp³-hybridized carbons (Fsp3) is 0.526. The second kappa shape index (κ2) is 10.0. The Labute approximate surface area is 174 Å². The normalized spacial score (nSPS) is 16.0. The van der Waals surface area contributed by atoms with E-state index in [1.807, 2.05) is 18.2 Å². The minimum Gasteiger partial charge on any atom is -0.497 e. The largest absolute Gasteiger partial charge is 0.497 e. The lowest BCUT2D eigenvalue weighted by molar-refractivity contribution is -0.120. The van der Waals surface area contributed by atoms with Crippen LogP contribution in [0.2, 0.25) is 0 Å². The molecule has 2 aromatic rings. The number of aromatic nitrogens is 2. The minimum absolute atomic E-state index is 0.113. The van der Waals surface area contributed by atoms with Crippen molar-refractivity contribution in [3.63, 3.8) is 0 Å². The van der Waals surface area contributed by atoms with Crippen molar-refractivity contribution in [1.82, 2.24) is 19.6 Å². The van der Waals surface area contributed by atoms with Gasteiger partial charge in [-0.3, -0.25) is 9.69 Å². The quantitative estimate of drug-likeness (QED) is 0.655. The number of carbonyl (C=O) groups excluding carboxylic acids is 1. The van der Waals surface area contributed by atoms with E-state index in [2.05, 4.69) is 25.6 Å². The third-order valence-electron chi connectivity index (χ3n) is 4.69. The van der Waals surface area contributed by atoms with Gasteiger partial charge in [-0.2, -0.15) is 4.37 Å². The number of halogens is 1. The van der Waals surface area contributed by atoms with Crippen molar-refractivity contribution < 1.29 is 9.53 Å². The van der Waals surface area contributed by atoms with Crippen molar-refractivity contribution in [2.45, 2.75) is 18.7 Å². The molecule has 1 aliphatic heterocycles. The van der Waals surface area contributed by atoms with Crippen LogP contribution in [0.15, 0.2) is 24.3 Å². The highest BCUT2D eigenvalue weighted by molar-refractivity contribution is 7.09. The average molecular weight is 424 g/mol. The van der Waals surface area contributed by atoms with Crippen LogP contribution in [0.25, 0.3) is 0 Å². The molecule has 152 valence electrons. The molecule has 1 aromatic carbocycles. The number of amides is 1. The highest BCUT2D eigenvalue weighted by Crippen LogP contribution is 2.21. The third kappa shape index (κ3) is 5.80. The number of nitrogens with zero attached hydrogens (tertiary/aromatic N) is 4. The van der Waals surface area contributed by atoms with Crippen LogP contribution in [0.3, 0.4) is 0 Å². The molecule has 1 saturated heterocycles. The molecular formula is C19H26ClN5O2S. The van der Waals surface area contributed by atoms with Crippen LogP contribution in [0.5, 0.6) is 5.75 Å². The topological polar surface area (TPSA) is 70.6 Å². The molecule has 1 amide bonds. The lowest BCUT2D eigenvalue weighted by atomic mass is 10.1. The molecule has 0 aliphatic carbocycles. The predicted octanol–water partition coefficient (Wildman–Crippen LogP) is 2.00. The summed E-state index contributed by atoms with van der Waals surface area (Å²) in [5.74, 6) is 1.58. The van der Waals surface area contributed by atoms with Gasteiger partial charge in [0.05, 0.1) is 7.11 Å². The highest BCUT2D eigenvalue weighted by atomic mass is 35.5. The molecule has 2 heterocycles. The molecule has 1 fully saturated rings. The van der Waals surface area contributed by atoms with E-state index in [0.717, 1.165) is 55.0 Å². The van der Waals surface area contributed by atoms with Crippen molar-refractivity contribution in [3.8, 4) is 5.75 Å². The van der Waals surface area contributed by atoms with Crippen LogP contribution >= 0.6 is 23.1 Å². The van der Waals surface area contributed by atoms with Gasteiger partial charge < -0.3 is 15.0 Å². The summed E-state index contributed by atoms with van der Waals surface area (Å²) in [6.07, 6.45) is 0.701. The molecule has 1 aromatic heterocycles. The SMILES string of the molecule is COc1cccc(Cc2nsc(N3CCN(CCNC(=O)C(C)Cl)CC3)n2)c1. The first-order valence-electron chi connectivity index (χ1n) is 9.40. The van der Waals surface area contributed by atoms with E-state index in [1.54, 1.807) is 14.0 Å². The Morgan fingerprint density at radius 1 is 1.36 bits per heavy atom. The lowest BCUT2D eigenvalue weighted by Gasteiger charge is -2.34. The summed E-state index contributed by atoms with van der Waals surface area (Å²) in [6, 6.07) is 8.00. The number of benzene rings is 1. The first-order chi connectivity index (χ1) is 13.5. The van der Waals surface area contributed by atoms with Crippen LogP contribution in [0.1, 0.15) is 18.3 Å². The van der Waals surface area contributed by atoms with Crippen LogP contribution < -0.4 is 15.0 Å². The number of nitrogens with one attached hydrogen (secondary N) is 1. The monoisotopic (exact) mass is 423 g/mol. The molecular weight excluding hydrogens is 398 g/mol. The molecule has 1 N–H and O–H groups in total. The van der Waals surface area contributed by atoms with E-state index in [9.17, 15) is 4.79 Å². The molecule has 0 saturated carbocycles. The van der Waals surface area contributed by atoms with Crippen molar-refractivity contribution in [1.29, 1.82) is 0 Å². The molecule has 0 spiro atoms. The van der Waals surface area contributed by atoms with E-state index in [4.69, 9.17) is 21.3 Å². The molecule has 1 unspecified atom stereocenters. The number of hydrogen-bond acceptors (Lipinski definition) is 7. The number of ether oxygens (including phenoxy) is 1. The molecule has 0 bridgehead atoms. The summed E-state index contributed by atoms with van der Waals surface area (Å²) >= 11 is 7.21. The Hall–Kier alpha value is -1.90. The van der Waals surface area contributed by atoms with Gasteiger partial charge in [-0.1, -0.05) is 12.1 Å². The van der Waals surface area contributed by atoms with E-state index < -0.39 is 5.38 Å². The zero-order chi connectivity index (χ0) is 19.9. The molecule has 28 heavy (non-hydrogen) atoms. The lowest BCUT2D eigenvalue weighted by Crippen LogP contribution is -2.48. The molecule has 3 rings (SSSR count). The predicted molar refractivity (Wildman–Crippen MR) is 113 cm³/mol. The minimum atomic E-state index is -0.486. The number of piperazine rings is 1. The van der Waals surface area contributed by atoms with Gasteiger partial charge in [-0.05, 0) is 24.6 Å². The highest BCUT2D eigenvalue weighted by Gasteiger charge is 2.20. The summed E-state index contributed by atoms with van der Waals surface area (Å²) in [4.78, 5) is 20.8. The van der Waals surface area contributed by atoms with E-state index in [1.165, 1.54) is 11.5 Å². The first kappa shape index (κ1) is 20.8. The maximum absolute atomic E-state index is 11.5.